The first-order valence-corrected chi connectivity index (χ1v) is 5.20. The highest BCUT2D eigenvalue weighted by molar-refractivity contribution is 5.99. The summed E-state index contributed by atoms with van der Waals surface area (Å²) in [5.41, 5.74) is 6.58. The Kier molecular flexibility index (Phi) is 2.86. The van der Waals surface area contributed by atoms with Crippen LogP contribution < -0.4 is 11.1 Å². The van der Waals surface area contributed by atoms with Crippen LogP contribution in [0.2, 0.25) is 0 Å². The highest BCUT2D eigenvalue weighted by Gasteiger charge is 2.17. The van der Waals surface area contributed by atoms with Gasteiger partial charge in [-0.15, -0.1) is 0 Å². The van der Waals surface area contributed by atoms with Crippen LogP contribution in [0.3, 0.4) is 0 Å². The quantitative estimate of drug-likeness (QED) is 0.648. The Hall–Kier alpha value is -2.24. The molecule has 0 amide bonds. The number of aromatic hydroxyl groups is 1. The minimum Gasteiger partial charge on any atom is -0.508 e. The van der Waals surface area contributed by atoms with E-state index >= 15 is 0 Å². The SMILES string of the molecule is CN(C)C1=NC(c2ccc(O)cc2)N=C(N)N1. The Morgan fingerprint density at radius 2 is 1.88 bits per heavy atom. The highest BCUT2D eigenvalue weighted by Crippen LogP contribution is 2.22. The number of nitrogens with zero attached hydrogens (tertiary/aromatic N) is 3. The van der Waals surface area contributed by atoms with Crippen LogP contribution in [0, 0.1) is 0 Å². The van der Waals surface area contributed by atoms with Gasteiger partial charge in [-0.2, -0.15) is 0 Å². The number of guanidine groups is 2. The molecule has 0 bridgehead atoms. The summed E-state index contributed by atoms with van der Waals surface area (Å²) in [6, 6.07) is 6.76. The van der Waals surface area contributed by atoms with Gasteiger partial charge < -0.3 is 15.7 Å². The molecule has 1 atom stereocenters. The number of aliphatic imine (C=N–C) groups is 2. The monoisotopic (exact) mass is 233 g/mol. The normalized spacial score (nSPS) is 19.1. The van der Waals surface area contributed by atoms with Crippen LogP contribution in [0.25, 0.3) is 0 Å². The number of nitrogens with one attached hydrogen (secondary N) is 1. The Balaban J connectivity index is 2.31. The molecule has 6 heteroatoms. The van der Waals surface area contributed by atoms with E-state index in [1.807, 2.05) is 19.0 Å². The Morgan fingerprint density at radius 3 is 2.47 bits per heavy atom. The van der Waals surface area contributed by atoms with E-state index in [0.717, 1.165) is 5.56 Å². The van der Waals surface area contributed by atoms with Gasteiger partial charge in [0.2, 0.25) is 5.96 Å². The summed E-state index contributed by atoms with van der Waals surface area (Å²) in [5, 5.41) is 12.1. The van der Waals surface area contributed by atoms with Gasteiger partial charge in [0.25, 0.3) is 0 Å². The number of rotatable bonds is 1. The Morgan fingerprint density at radius 1 is 1.24 bits per heavy atom. The molecule has 1 aliphatic heterocycles. The number of hydrogen-bond donors (Lipinski definition) is 3. The fraction of sp³-hybridized carbons (Fsp3) is 0.273. The van der Waals surface area contributed by atoms with Crippen molar-refractivity contribution in [3.63, 3.8) is 0 Å². The summed E-state index contributed by atoms with van der Waals surface area (Å²) in [7, 11) is 3.75. The topological polar surface area (TPSA) is 86.2 Å². The molecule has 0 spiro atoms. The number of phenolic OH excluding ortho intramolecular Hbond substituents is 1. The van der Waals surface area contributed by atoms with Gasteiger partial charge in [0, 0.05) is 14.1 Å². The van der Waals surface area contributed by atoms with E-state index in [1.165, 1.54) is 0 Å². The summed E-state index contributed by atoms with van der Waals surface area (Å²) < 4.78 is 0. The van der Waals surface area contributed by atoms with E-state index in [0.29, 0.717) is 11.9 Å². The first-order chi connectivity index (χ1) is 8.06. The van der Waals surface area contributed by atoms with E-state index in [1.54, 1.807) is 24.3 Å². The highest BCUT2D eigenvalue weighted by atomic mass is 16.3. The lowest BCUT2D eigenvalue weighted by Crippen LogP contribution is -2.46. The van der Waals surface area contributed by atoms with E-state index in [9.17, 15) is 5.11 Å². The first kappa shape index (κ1) is 11.3. The number of hydrogen-bond acceptors (Lipinski definition) is 6. The predicted octanol–water partition coefficient (Wildman–Crippen LogP) is 0.226. The van der Waals surface area contributed by atoms with Crippen LogP contribution in [0.5, 0.6) is 5.75 Å². The molecule has 2 rings (SSSR count). The maximum Gasteiger partial charge on any atom is 0.202 e. The molecule has 4 N–H and O–H groups in total. The molecule has 0 aromatic heterocycles. The smallest absolute Gasteiger partial charge is 0.202 e. The lowest BCUT2D eigenvalue weighted by atomic mass is 10.2. The van der Waals surface area contributed by atoms with Gasteiger partial charge in [0.05, 0.1) is 0 Å². The lowest BCUT2D eigenvalue weighted by molar-refractivity contribution is 0.475. The zero-order chi connectivity index (χ0) is 12.4. The van der Waals surface area contributed by atoms with Gasteiger partial charge in [-0.05, 0) is 17.7 Å². The molecule has 0 saturated heterocycles. The third-order valence-electron chi connectivity index (χ3n) is 2.36. The zero-order valence-electron chi connectivity index (χ0n) is 9.75. The third kappa shape index (κ3) is 2.47. The van der Waals surface area contributed by atoms with Crippen LogP contribution in [-0.2, 0) is 0 Å². The molecule has 1 heterocycles. The molecule has 17 heavy (non-hydrogen) atoms. The minimum atomic E-state index is -0.366. The molecule has 0 saturated carbocycles. The second-order valence-electron chi connectivity index (χ2n) is 3.95. The van der Waals surface area contributed by atoms with E-state index in [4.69, 9.17) is 5.73 Å². The molecule has 1 aliphatic rings. The number of phenols is 1. The van der Waals surface area contributed by atoms with E-state index < -0.39 is 0 Å². The van der Waals surface area contributed by atoms with Gasteiger partial charge in [-0.3, -0.25) is 5.32 Å². The largest absolute Gasteiger partial charge is 0.508 e. The van der Waals surface area contributed by atoms with Gasteiger partial charge in [0.1, 0.15) is 5.75 Å². The van der Waals surface area contributed by atoms with Crippen molar-refractivity contribution in [1.82, 2.24) is 10.2 Å². The molecule has 1 unspecified atom stereocenters. The van der Waals surface area contributed by atoms with Crippen molar-refractivity contribution in [2.75, 3.05) is 14.1 Å². The van der Waals surface area contributed by atoms with Crippen molar-refractivity contribution in [2.24, 2.45) is 15.7 Å². The van der Waals surface area contributed by atoms with Crippen LogP contribution in [-0.4, -0.2) is 36.0 Å². The van der Waals surface area contributed by atoms with Gasteiger partial charge in [-0.25, -0.2) is 9.98 Å². The van der Waals surface area contributed by atoms with Crippen LogP contribution in [0.15, 0.2) is 34.3 Å². The van der Waals surface area contributed by atoms with Crippen molar-refractivity contribution < 1.29 is 5.11 Å². The molecule has 1 aromatic carbocycles. The van der Waals surface area contributed by atoms with Crippen molar-refractivity contribution in [3.05, 3.63) is 29.8 Å². The average molecular weight is 233 g/mol. The second kappa shape index (κ2) is 4.32. The van der Waals surface area contributed by atoms with E-state index in [2.05, 4.69) is 15.3 Å². The van der Waals surface area contributed by atoms with Crippen LogP contribution >= 0.6 is 0 Å². The van der Waals surface area contributed by atoms with Crippen LogP contribution in [0.1, 0.15) is 11.7 Å². The summed E-state index contributed by atoms with van der Waals surface area (Å²) in [4.78, 5) is 10.4. The third-order valence-corrected chi connectivity index (χ3v) is 2.36. The average Bonchev–Trinajstić information content (AvgIpc) is 2.29. The molecular formula is C11H15N5O. The lowest BCUT2D eigenvalue weighted by Gasteiger charge is -2.23. The molecule has 0 aliphatic carbocycles. The fourth-order valence-electron chi connectivity index (χ4n) is 1.48. The summed E-state index contributed by atoms with van der Waals surface area (Å²) >= 11 is 0. The molecule has 0 radical (unpaired) electrons. The van der Waals surface area contributed by atoms with E-state index in [-0.39, 0.29) is 11.9 Å². The van der Waals surface area contributed by atoms with Gasteiger partial charge >= 0.3 is 0 Å². The summed E-state index contributed by atoms with van der Waals surface area (Å²) in [6.07, 6.45) is -0.366. The van der Waals surface area contributed by atoms with Crippen molar-refractivity contribution in [2.45, 2.75) is 6.17 Å². The summed E-state index contributed by atoms with van der Waals surface area (Å²) in [6.45, 7) is 0. The molecular weight excluding hydrogens is 218 g/mol. The first-order valence-electron chi connectivity index (χ1n) is 5.20. The van der Waals surface area contributed by atoms with Crippen LogP contribution in [0.4, 0.5) is 0 Å². The Bertz CT molecular complexity index is 463. The standard InChI is InChI=1S/C11H15N5O/c1-16(2)11-14-9(13-10(12)15-11)7-3-5-8(17)6-4-7/h3-6,9,17H,1-2H3,(H3,12,13,14,15). The number of benzene rings is 1. The number of nitrogens with two attached hydrogens (primary N) is 1. The second-order valence-corrected chi connectivity index (χ2v) is 3.95. The zero-order valence-corrected chi connectivity index (χ0v) is 9.75. The van der Waals surface area contributed by atoms with Gasteiger partial charge in [0.15, 0.2) is 12.1 Å². The predicted molar refractivity (Wildman–Crippen MR) is 66.7 cm³/mol. The van der Waals surface area contributed by atoms with Crippen molar-refractivity contribution in [1.29, 1.82) is 0 Å². The maximum absolute atomic E-state index is 9.23. The minimum absolute atomic E-state index is 0.219. The molecule has 90 valence electrons. The molecule has 1 aromatic rings. The molecule has 0 fully saturated rings. The van der Waals surface area contributed by atoms with Crippen molar-refractivity contribution in [3.8, 4) is 5.75 Å². The maximum atomic E-state index is 9.23. The molecule has 6 nitrogen and oxygen atoms in total. The van der Waals surface area contributed by atoms with Gasteiger partial charge in [-0.1, -0.05) is 12.1 Å². The van der Waals surface area contributed by atoms with Crippen molar-refractivity contribution >= 4 is 11.9 Å². The Labute approximate surface area is 99.5 Å². The summed E-state index contributed by atoms with van der Waals surface area (Å²) in [5.74, 6) is 1.22. The fourth-order valence-corrected chi connectivity index (χ4v) is 1.48.